The van der Waals surface area contributed by atoms with Crippen molar-refractivity contribution in [3.05, 3.63) is 63.3 Å². The van der Waals surface area contributed by atoms with Gasteiger partial charge < -0.3 is 10.3 Å². The van der Waals surface area contributed by atoms with Crippen molar-refractivity contribution in [2.24, 2.45) is 0 Å². The largest absolute Gasteiger partial charge is 0.398 e. The van der Waals surface area contributed by atoms with Gasteiger partial charge in [-0.05, 0) is 30.7 Å². The van der Waals surface area contributed by atoms with E-state index in [0.717, 1.165) is 11.3 Å². The Kier molecular flexibility index (Phi) is 2.99. The molecule has 0 bridgehead atoms. The number of hydrogen-bond acceptors (Lipinski definition) is 3. The van der Waals surface area contributed by atoms with Gasteiger partial charge in [0, 0.05) is 23.1 Å². The monoisotopic (exact) mass is 288 g/mol. The lowest BCUT2D eigenvalue weighted by atomic mass is 10.2. The molecule has 3 aromatic rings. The molecule has 1 aromatic carbocycles. The first kappa shape index (κ1) is 12.7. The number of fused-ring (bicyclic) bond motifs is 1. The van der Waals surface area contributed by atoms with E-state index < -0.39 is 0 Å². The zero-order valence-corrected chi connectivity index (χ0v) is 11.6. The van der Waals surface area contributed by atoms with E-state index in [2.05, 4.69) is 5.10 Å². The van der Waals surface area contributed by atoms with Crippen molar-refractivity contribution in [3.63, 3.8) is 0 Å². The van der Waals surface area contributed by atoms with Gasteiger partial charge in [0.15, 0.2) is 0 Å². The number of aromatic nitrogens is 3. The summed E-state index contributed by atoms with van der Waals surface area (Å²) in [4.78, 5) is 12.4. The molecule has 3 rings (SSSR count). The molecule has 0 saturated heterocycles. The van der Waals surface area contributed by atoms with Gasteiger partial charge in [-0.3, -0.25) is 4.79 Å². The maximum atomic E-state index is 12.4. The molecule has 0 aliphatic rings. The van der Waals surface area contributed by atoms with Crippen LogP contribution in [0.15, 0.2) is 41.5 Å². The van der Waals surface area contributed by atoms with Crippen molar-refractivity contribution in [1.29, 1.82) is 0 Å². The Bertz CT molecular complexity index is 850. The highest BCUT2D eigenvalue weighted by Crippen LogP contribution is 2.18. The SMILES string of the molecule is Cc1cc2c(=O)n(Cc3ccc(Cl)cc3N)ccn2n1. The number of nitrogen functional groups attached to an aromatic ring is 1. The number of nitrogens with two attached hydrogens (primary N) is 1. The van der Waals surface area contributed by atoms with E-state index in [-0.39, 0.29) is 5.56 Å². The van der Waals surface area contributed by atoms with Gasteiger partial charge in [0.1, 0.15) is 5.52 Å². The predicted molar refractivity (Wildman–Crippen MR) is 79.2 cm³/mol. The molecule has 2 heterocycles. The lowest BCUT2D eigenvalue weighted by Gasteiger charge is -2.09. The number of anilines is 1. The Morgan fingerprint density at radius 1 is 1.30 bits per heavy atom. The summed E-state index contributed by atoms with van der Waals surface area (Å²) in [5.41, 5.74) is 8.62. The summed E-state index contributed by atoms with van der Waals surface area (Å²) in [6.45, 7) is 2.26. The van der Waals surface area contributed by atoms with Crippen LogP contribution in [0.2, 0.25) is 5.02 Å². The van der Waals surface area contributed by atoms with Crippen LogP contribution in [-0.2, 0) is 6.54 Å². The van der Waals surface area contributed by atoms with Gasteiger partial charge in [-0.2, -0.15) is 5.10 Å². The fourth-order valence-corrected chi connectivity index (χ4v) is 2.35. The van der Waals surface area contributed by atoms with E-state index >= 15 is 0 Å². The maximum absolute atomic E-state index is 12.4. The summed E-state index contributed by atoms with van der Waals surface area (Å²) in [5, 5.41) is 4.80. The Morgan fingerprint density at radius 3 is 2.85 bits per heavy atom. The van der Waals surface area contributed by atoms with E-state index in [4.69, 9.17) is 17.3 Å². The van der Waals surface area contributed by atoms with Gasteiger partial charge in [-0.1, -0.05) is 17.7 Å². The quantitative estimate of drug-likeness (QED) is 0.734. The number of benzene rings is 1. The van der Waals surface area contributed by atoms with Crippen LogP contribution >= 0.6 is 11.6 Å². The molecule has 0 spiro atoms. The van der Waals surface area contributed by atoms with Gasteiger partial charge >= 0.3 is 0 Å². The molecule has 2 aromatic heterocycles. The number of rotatable bonds is 2. The Labute approximate surface area is 120 Å². The van der Waals surface area contributed by atoms with Gasteiger partial charge in [-0.25, -0.2) is 4.52 Å². The van der Waals surface area contributed by atoms with Crippen molar-refractivity contribution in [3.8, 4) is 0 Å². The van der Waals surface area contributed by atoms with E-state index in [1.165, 1.54) is 0 Å². The van der Waals surface area contributed by atoms with Gasteiger partial charge in [0.05, 0.1) is 12.2 Å². The molecular formula is C14H13ClN4O. The number of nitrogens with zero attached hydrogens (tertiary/aromatic N) is 3. The molecule has 0 fully saturated rings. The molecular weight excluding hydrogens is 276 g/mol. The molecule has 0 aliphatic carbocycles. The van der Waals surface area contributed by atoms with Gasteiger partial charge in [-0.15, -0.1) is 0 Å². The maximum Gasteiger partial charge on any atom is 0.276 e. The Hall–Kier alpha value is -2.27. The summed E-state index contributed by atoms with van der Waals surface area (Å²) in [5.74, 6) is 0. The van der Waals surface area contributed by atoms with Crippen LogP contribution < -0.4 is 11.3 Å². The standard InChI is InChI=1S/C14H13ClN4O/c1-9-6-13-14(20)18(4-5-19(13)17-9)8-10-2-3-11(15)7-12(10)16/h2-7H,8,16H2,1H3. The second-order valence-electron chi connectivity index (χ2n) is 4.69. The van der Waals surface area contributed by atoms with Crippen LogP contribution in [0.4, 0.5) is 5.69 Å². The van der Waals surface area contributed by atoms with Crippen molar-refractivity contribution < 1.29 is 0 Å². The summed E-state index contributed by atoms with van der Waals surface area (Å²) < 4.78 is 3.19. The second kappa shape index (κ2) is 4.68. The topological polar surface area (TPSA) is 65.3 Å². The number of aryl methyl sites for hydroxylation is 1. The first-order chi connectivity index (χ1) is 9.54. The van der Waals surface area contributed by atoms with Crippen LogP contribution in [-0.4, -0.2) is 14.2 Å². The minimum atomic E-state index is -0.0950. The molecule has 0 amide bonds. The molecule has 0 radical (unpaired) electrons. The van der Waals surface area contributed by atoms with E-state index in [0.29, 0.717) is 22.8 Å². The highest BCUT2D eigenvalue weighted by atomic mass is 35.5. The van der Waals surface area contributed by atoms with Crippen molar-refractivity contribution in [2.75, 3.05) is 5.73 Å². The third-order valence-corrected chi connectivity index (χ3v) is 3.41. The minimum absolute atomic E-state index is 0.0950. The summed E-state index contributed by atoms with van der Waals surface area (Å²) in [6.07, 6.45) is 3.46. The fraction of sp³-hybridized carbons (Fsp3) is 0.143. The smallest absolute Gasteiger partial charge is 0.276 e. The third kappa shape index (κ3) is 2.16. The molecule has 20 heavy (non-hydrogen) atoms. The normalized spacial score (nSPS) is 11.1. The zero-order chi connectivity index (χ0) is 14.3. The lowest BCUT2D eigenvalue weighted by molar-refractivity contribution is 0.743. The molecule has 2 N–H and O–H groups in total. The van der Waals surface area contributed by atoms with Gasteiger partial charge in [0.25, 0.3) is 5.56 Å². The molecule has 102 valence electrons. The second-order valence-corrected chi connectivity index (χ2v) is 5.13. The predicted octanol–water partition coefficient (Wildman–Crippen LogP) is 2.09. The molecule has 0 atom stereocenters. The average Bonchev–Trinajstić information content (AvgIpc) is 2.77. The highest BCUT2D eigenvalue weighted by Gasteiger charge is 2.07. The number of halogens is 1. The van der Waals surface area contributed by atoms with Crippen LogP contribution in [0.5, 0.6) is 0 Å². The van der Waals surface area contributed by atoms with Crippen molar-refractivity contribution in [1.82, 2.24) is 14.2 Å². The fourth-order valence-electron chi connectivity index (χ4n) is 2.17. The van der Waals surface area contributed by atoms with E-state index in [1.807, 2.05) is 13.0 Å². The third-order valence-electron chi connectivity index (χ3n) is 3.17. The van der Waals surface area contributed by atoms with Crippen LogP contribution in [0.1, 0.15) is 11.3 Å². The van der Waals surface area contributed by atoms with Crippen LogP contribution in [0.25, 0.3) is 5.52 Å². The van der Waals surface area contributed by atoms with Crippen LogP contribution in [0, 0.1) is 6.92 Å². The summed E-state index contributed by atoms with van der Waals surface area (Å²) in [7, 11) is 0. The minimum Gasteiger partial charge on any atom is -0.398 e. The molecule has 5 nitrogen and oxygen atoms in total. The van der Waals surface area contributed by atoms with E-state index in [9.17, 15) is 4.79 Å². The molecule has 0 aliphatic heterocycles. The lowest BCUT2D eigenvalue weighted by Crippen LogP contribution is -2.22. The average molecular weight is 289 g/mol. The molecule has 0 unspecified atom stereocenters. The first-order valence-electron chi connectivity index (χ1n) is 6.14. The van der Waals surface area contributed by atoms with Crippen LogP contribution in [0.3, 0.4) is 0 Å². The van der Waals surface area contributed by atoms with E-state index in [1.54, 1.807) is 39.7 Å². The Morgan fingerprint density at radius 2 is 2.10 bits per heavy atom. The molecule has 6 heteroatoms. The van der Waals surface area contributed by atoms with Gasteiger partial charge in [0.2, 0.25) is 0 Å². The highest BCUT2D eigenvalue weighted by molar-refractivity contribution is 6.30. The summed E-state index contributed by atoms with van der Waals surface area (Å²) >= 11 is 5.87. The zero-order valence-electron chi connectivity index (χ0n) is 10.9. The molecule has 0 saturated carbocycles. The van der Waals surface area contributed by atoms with Crippen molar-refractivity contribution >= 4 is 22.8 Å². The summed E-state index contributed by atoms with van der Waals surface area (Å²) in [6, 6.07) is 7.04. The first-order valence-corrected chi connectivity index (χ1v) is 6.52. The van der Waals surface area contributed by atoms with Crippen molar-refractivity contribution in [2.45, 2.75) is 13.5 Å². The number of hydrogen-bond donors (Lipinski definition) is 1. The Balaban J connectivity index is 2.06.